The van der Waals surface area contributed by atoms with E-state index in [-0.39, 0.29) is 35.6 Å². The molecule has 21 heavy (non-hydrogen) atoms. The monoisotopic (exact) mass is 290 g/mol. The molecular formula is C14H14N2O5. The number of carbonyl (C=O) groups excluding carboxylic acids is 3. The van der Waals surface area contributed by atoms with Gasteiger partial charge < -0.3 is 10.4 Å². The molecule has 1 aromatic carbocycles. The number of carboxylic acid groups (broad SMARTS) is 1. The van der Waals surface area contributed by atoms with Crippen molar-refractivity contribution < 1.29 is 24.3 Å². The standard InChI is InChI=1S/C14H14N2O5/c1-16-13(20)9-5-4-8(7-10(9)14(16)21)12(19)15-6-2-3-11(17)18/h4-5,7H,2-3,6H2,1H3,(H,15,19)(H,17,18). The minimum absolute atomic E-state index is 0.0255. The Kier molecular flexibility index (Phi) is 4.02. The molecule has 1 aliphatic heterocycles. The van der Waals surface area contributed by atoms with Gasteiger partial charge in [0, 0.05) is 25.6 Å². The molecule has 1 heterocycles. The highest BCUT2D eigenvalue weighted by Crippen LogP contribution is 2.22. The van der Waals surface area contributed by atoms with Crippen LogP contribution >= 0.6 is 0 Å². The summed E-state index contributed by atoms with van der Waals surface area (Å²) in [4.78, 5) is 46.8. The Morgan fingerprint density at radius 1 is 1.19 bits per heavy atom. The molecule has 0 fully saturated rings. The molecule has 0 spiro atoms. The fraction of sp³-hybridized carbons (Fsp3) is 0.286. The number of nitrogens with zero attached hydrogens (tertiary/aromatic N) is 1. The molecule has 0 saturated heterocycles. The molecule has 0 radical (unpaired) electrons. The second kappa shape index (κ2) is 5.74. The Balaban J connectivity index is 2.06. The maximum Gasteiger partial charge on any atom is 0.303 e. The first-order valence-corrected chi connectivity index (χ1v) is 6.38. The number of hydrogen-bond acceptors (Lipinski definition) is 4. The second-order valence-electron chi connectivity index (χ2n) is 4.68. The van der Waals surface area contributed by atoms with Crippen LogP contribution in [0.4, 0.5) is 0 Å². The van der Waals surface area contributed by atoms with Gasteiger partial charge in [0.05, 0.1) is 11.1 Å². The van der Waals surface area contributed by atoms with Gasteiger partial charge in [-0.2, -0.15) is 0 Å². The van der Waals surface area contributed by atoms with Crippen molar-refractivity contribution in [3.8, 4) is 0 Å². The van der Waals surface area contributed by atoms with E-state index in [4.69, 9.17) is 5.11 Å². The van der Waals surface area contributed by atoms with Crippen molar-refractivity contribution in [1.82, 2.24) is 10.2 Å². The molecule has 0 unspecified atom stereocenters. The number of aliphatic carboxylic acids is 1. The van der Waals surface area contributed by atoms with Gasteiger partial charge in [-0.25, -0.2) is 0 Å². The Bertz CT molecular complexity index is 638. The van der Waals surface area contributed by atoms with Crippen molar-refractivity contribution in [2.24, 2.45) is 0 Å². The lowest BCUT2D eigenvalue weighted by atomic mass is 10.1. The predicted molar refractivity (Wildman–Crippen MR) is 72.1 cm³/mol. The third-order valence-electron chi connectivity index (χ3n) is 3.20. The molecule has 1 aromatic rings. The van der Waals surface area contributed by atoms with E-state index in [1.54, 1.807) is 0 Å². The number of imide groups is 1. The highest BCUT2D eigenvalue weighted by atomic mass is 16.4. The van der Waals surface area contributed by atoms with Gasteiger partial charge >= 0.3 is 5.97 Å². The lowest BCUT2D eigenvalue weighted by molar-refractivity contribution is -0.137. The van der Waals surface area contributed by atoms with Crippen LogP contribution in [0.3, 0.4) is 0 Å². The molecule has 2 rings (SSSR count). The van der Waals surface area contributed by atoms with E-state index in [9.17, 15) is 19.2 Å². The highest BCUT2D eigenvalue weighted by Gasteiger charge is 2.33. The van der Waals surface area contributed by atoms with E-state index >= 15 is 0 Å². The number of nitrogens with one attached hydrogen (secondary N) is 1. The number of carbonyl (C=O) groups is 4. The van der Waals surface area contributed by atoms with Crippen molar-refractivity contribution in [3.63, 3.8) is 0 Å². The average molecular weight is 290 g/mol. The number of hydrogen-bond donors (Lipinski definition) is 2. The first-order chi connectivity index (χ1) is 9.91. The van der Waals surface area contributed by atoms with Crippen molar-refractivity contribution in [3.05, 3.63) is 34.9 Å². The fourth-order valence-electron chi connectivity index (χ4n) is 2.05. The number of amides is 3. The Morgan fingerprint density at radius 2 is 1.86 bits per heavy atom. The molecule has 7 heteroatoms. The van der Waals surface area contributed by atoms with Crippen LogP contribution in [0.5, 0.6) is 0 Å². The number of carboxylic acids is 1. The summed E-state index contributed by atoms with van der Waals surface area (Å²) in [5, 5.41) is 11.1. The Labute approximate surface area is 120 Å². The third kappa shape index (κ3) is 2.91. The summed E-state index contributed by atoms with van der Waals surface area (Å²) >= 11 is 0. The minimum atomic E-state index is -0.922. The van der Waals surface area contributed by atoms with E-state index in [1.165, 1.54) is 25.2 Å². The molecule has 110 valence electrons. The molecule has 7 nitrogen and oxygen atoms in total. The van der Waals surface area contributed by atoms with Crippen LogP contribution in [0.25, 0.3) is 0 Å². The summed E-state index contributed by atoms with van der Waals surface area (Å²) in [6.07, 6.45) is 0.300. The number of rotatable bonds is 5. The average Bonchev–Trinajstić information content (AvgIpc) is 2.68. The van der Waals surface area contributed by atoms with Crippen LogP contribution in [-0.4, -0.2) is 47.3 Å². The van der Waals surface area contributed by atoms with Crippen LogP contribution in [-0.2, 0) is 4.79 Å². The van der Waals surface area contributed by atoms with Gasteiger partial charge in [-0.05, 0) is 24.6 Å². The summed E-state index contributed by atoms with van der Waals surface area (Å²) in [7, 11) is 1.39. The summed E-state index contributed by atoms with van der Waals surface area (Å²) in [6.45, 7) is 0.231. The van der Waals surface area contributed by atoms with Crippen molar-refractivity contribution in [1.29, 1.82) is 0 Å². The smallest absolute Gasteiger partial charge is 0.303 e. The molecule has 3 amide bonds. The lowest BCUT2D eigenvalue weighted by Gasteiger charge is -2.05. The lowest BCUT2D eigenvalue weighted by Crippen LogP contribution is -2.25. The van der Waals surface area contributed by atoms with Crippen LogP contribution in [0, 0.1) is 0 Å². The molecule has 0 aliphatic carbocycles. The van der Waals surface area contributed by atoms with E-state index < -0.39 is 17.8 Å². The second-order valence-corrected chi connectivity index (χ2v) is 4.68. The van der Waals surface area contributed by atoms with Gasteiger partial charge in [-0.3, -0.25) is 24.1 Å². The minimum Gasteiger partial charge on any atom is -0.481 e. The third-order valence-corrected chi connectivity index (χ3v) is 3.20. The predicted octanol–water partition coefficient (Wildman–Crippen LogP) is 0.507. The quantitative estimate of drug-likeness (QED) is 0.607. The largest absolute Gasteiger partial charge is 0.481 e. The fourth-order valence-corrected chi connectivity index (χ4v) is 2.05. The Morgan fingerprint density at radius 3 is 2.52 bits per heavy atom. The van der Waals surface area contributed by atoms with Gasteiger partial charge in [0.1, 0.15) is 0 Å². The summed E-state index contributed by atoms with van der Waals surface area (Å²) in [5.74, 6) is -2.15. The zero-order valence-electron chi connectivity index (χ0n) is 11.4. The topological polar surface area (TPSA) is 104 Å². The molecule has 0 bridgehead atoms. The van der Waals surface area contributed by atoms with Crippen molar-refractivity contribution in [2.45, 2.75) is 12.8 Å². The number of benzene rings is 1. The van der Waals surface area contributed by atoms with Gasteiger partial charge in [0.15, 0.2) is 0 Å². The number of fused-ring (bicyclic) bond motifs is 1. The molecule has 2 N–H and O–H groups in total. The Hall–Kier alpha value is -2.70. The summed E-state index contributed by atoms with van der Waals surface area (Å²) in [5.41, 5.74) is 0.756. The van der Waals surface area contributed by atoms with E-state index in [1.807, 2.05) is 0 Å². The molecule has 1 aliphatic rings. The van der Waals surface area contributed by atoms with Crippen LogP contribution in [0.15, 0.2) is 18.2 Å². The maximum atomic E-state index is 11.9. The summed E-state index contributed by atoms with van der Waals surface area (Å²) in [6, 6.07) is 4.30. The van der Waals surface area contributed by atoms with Gasteiger partial charge in [0.25, 0.3) is 17.7 Å². The zero-order chi connectivity index (χ0) is 15.6. The van der Waals surface area contributed by atoms with E-state index in [0.717, 1.165) is 4.90 Å². The van der Waals surface area contributed by atoms with Crippen molar-refractivity contribution in [2.75, 3.05) is 13.6 Å². The van der Waals surface area contributed by atoms with E-state index in [2.05, 4.69) is 5.32 Å². The van der Waals surface area contributed by atoms with E-state index in [0.29, 0.717) is 6.42 Å². The SMILES string of the molecule is CN1C(=O)c2ccc(C(=O)NCCCC(=O)O)cc2C1=O. The first kappa shape index (κ1) is 14.7. The van der Waals surface area contributed by atoms with Gasteiger partial charge in [-0.1, -0.05) is 0 Å². The maximum absolute atomic E-state index is 11.9. The zero-order valence-corrected chi connectivity index (χ0v) is 11.4. The molecule has 0 aromatic heterocycles. The first-order valence-electron chi connectivity index (χ1n) is 6.38. The normalized spacial score (nSPS) is 13.3. The highest BCUT2D eigenvalue weighted by molar-refractivity contribution is 6.21. The van der Waals surface area contributed by atoms with Gasteiger partial charge in [-0.15, -0.1) is 0 Å². The van der Waals surface area contributed by atoms with Crippen LogP contribution in [0.2, 0.25) is 0 Å². The summed E-state index contributed by atoms with van der Waals surface area (Å²) < 4.78 is 0. The van der Waals surface area contributed by atoms with Crippen LogP contribution < -0.4 is 5.32 Å². The van der Waals surface area contributed by atoms with Gasteiger partial charge in [0.2, 0.25) is 0 Å². The molecular weight excluding hydrogens is 276 g/mol. The molecule has 0 saturated carbocycles. The van der Waals surface area contributed by atoms with Crippen molar-refractivity contribution >= 4 is 23.7 Å². The molecule has 0 atom stereocenters. The van der Waals surface area contributed by atoms with Crippen LogP contribution in [0.1, 0.15) is 43.9 Å².